The lowest BCUT2D eigenvalue weighted by Gasteiger charge is -2.27. The summed E-state index contributed by atoms with van der Waals surface area (Å²) in [4.78, 5) is 18.3. The van der Waals surface area contributed by atoms with Crippen LogP contribution in [0.15, 0.2) is 30.5 Å². The van der Waals surface area contributed by atoms with Crippen molar-refractivity contribution in [2.45, 2.75) is 26.8 Å². The van der Waals surface area contributed by atoms with E-state index in [1.54, 1.807) is 13.2 Å². The van der Waals surface area contributed by atoms with E-state index in [9.17, 15) is 4.79 Å². The van der Waals surface area contributed by atoms with Crippen molar-refractivity contribution in [3.8, 4) is 5.75 Å². The van der Waals surface area contributed by atoms with Gasteiger partial charge in [-0.1, -0.05) is 19.9 Å². The molecule has 1 atom stereocenters. The van der Waals surface area contributed by atoms with Crippen molar-refractivity contribution < 1.29 is 9.53 Å². The number of rotatable bonds is 5. The molecule has 0 radical (unpaired) electrons. The SMILES string of the molecule is CCN(CC)C(C)c1cc(OC(=O)NC)c2ncccc2c1. The first-order chi connectivity index (χ1) is 10.6. The molecular weight excluding hydrogens is 278 g/mol. The third-order valence-electron chi connectivity index (χ3n) is 3.94. The number of nitrogens with one attached hydrogen (secondary N) is 1. The summed E-state index contributed by atoms with van der Waals surface area (Å²) in [5, 5.41) is 3.44. The van der Waals surface area contributed by atoms with E-state index in [1.807, 2.05) is 18.2 Å². The van der Waals surface area contributed by atoms with Crippen LogP contribution in [0, 0.1) is 0 Å². The zero-order valence-corrected chi connectivity index (χ0v) is 13.6. The minimum absolute atomic E-state index is 0.242. The molecule has 1 aromatic heterocycles. The average Bonchev–Trinajstić information content (AvgIpc) is 2.55. The highest BCUT2D eigenvalue weighted by Gasteiger charge is 2.17. The number of amides is 1. The summed E-state index contributed by atoms with van der Waals surface area (Å²) in [5.74, 6) is 0.492. The Morgan fingerprint density at radius 2 is 2.09 bits per heavy atom. The Bertz CT molecular complexity index is 653. The number of hydrogen-bond donors (Lipinski definition) is 1. The van der Waals surface area contributed by atoms with Crippen LogP contribution >= 0.6 is 0 Å². The molecule has 1 amide bonds. The zero-order chi connectivity index (χ0) is 16.1. The zero-order valence-electron chi connectivity index (χ0n) is 13.6. The van der Waals surface area contributed by atoms with Gasteiger partial charge in [0.1, 0.15) is 5.52 Å². The molecule has 0 fully saturated rings. The predicted octanol–water partition coefficient (Wildman–Crippen LogP) is 3.36. The van der Waals surface area contributed by atoms with E-state index in [4.69, 9.17) is 4.74 Å². The molecule has 0 aliphatic heterocycles. The van der Waals surface area contributed by atoms with E-state index in [1.165, 1.54) is 0 Å². The fourth-order valence-electron chi connectivity index (χ4n) is 2.63. The molecule has 0 aliphatic rings. The van der Waals surface area contributed by atoms with Crippen LogP contribution in [0.4, 0.5) is 4.79 Å². The Hall–Kier alpha value is -2.14. The molecule has 1 heterocycles. The second-order valence-electron chi connectivity index (χ2n) is 5.13. The van der Waals surface area contributed by atoms with Crippen molar-refractivity contribution in [3.63, 3.8) is 0 Å². The Labute approximate surface area is 131 Å². The van der Waals surface area contributed by atoms with Crippen molar-refractivity contribution >= 4 is 17.0 Å². The standard InChI is InChI=1S/C17H23N3O2/c1-5-20(6-2)12(3)14-10-13-8-7-9-19-16(13)15(11-14)22-17(21)18-4/h7-12H,5-6H2,1-4H3,(H,18,21). The topological polar surface area (TPSA) is 54.5 Å². The normalized spacial score (nSPS) is 12.4. The quantitative estimate of drug-likeness (QED) is 0.920. The van der Waals surface area contributed by atoms with Crippen molar-refractivity contribution in [2.75, 3.05) is 20.1 Å². The van der Waals surface area contributed by atoms with Crippen LogP contribution in [0.3, 0.4) is 0 Å². The number of aromatic nitrogens is 1. The largest absolute Gasteiger partial charge is 0.412 e. The number of hydrogen-bond acceptors (Lipinski definition) is 4. The van der Waals surface area contributed by atoms with Gasteiger partial charge in [-0.05, 0) is 43.8 Å². The maximum absolute atomic E-state index is 11.6. The summed E-state index contributed by atoms with van der Waals surface area (Å²) in [5.41, 5.74) is 1.81. The van der Waals surface area contributed by atoms with Crippen molar-refractivity contribution in [3.05, 3.63) is 36.0 Å². The van der Waals surface area contributed by atoms with Gasteiger partial charge in [-0.3, -0.25) is 9.88 Å². The molecule has 5 nitrogen and oxygen atoms in total. The highest BCUT2D eigenvalue weighted by molar-refractivity contribution is 5.87. The number of benzene rings is 1. The highest BCUT2D eigenvalue weighted by Crippen LogP contribution is 2.30. The number of ether oxygens (including phenoxy) is 1. The first-order valence-electron chi connectivity index (χ1n) is 7.63. The molecule has 1 unspecified atom stereocenters. The van der Waals surface area contributed by atoms with Crippen molar-refractivity contribution in [1.29, 1.82) is 0 Å². The molecule has 22 heavy (non-hydrogen) atoms. The molecule has 0 saturated carbocycles. The molecule has 1 N–H and O–H groups in total. The molecule has 1 aromatic carbocycles. The molecule has 2 rings (SSSR count). The summed E-state index contributed by atoms with van der Waals surface area (Å²) in [7, 11) is 1.54. The minimum atomic E-state index is -0.486. The van der Waals surface area contributed by atoms with Crippen LogP contribution in [0.2, 0.25) is 0 Å². The van der Waals surface area contributed by atoms with Crippen LogP contribution in [0.5, 0.6) is 5.75 Å². The van der Waals surface area contributed by atoms with Crippen molar-refractivity contribution in [1.82, 2.24) is 15.2 Å². The van der Waals surface area contributed by atoms with E-state index in [2.05, 4.69) is 42.0 Å². The number of carbonyl (C=O) groups excluding carboxylic acids is 1. The van der Waals surface area contributed by atoms with E-state index in [0.29, 0.717) is 11.3 Å². The van der Waals surface area contributed by atoms with E-state index in [-0.39, 0.29) is 6.04 Å². The maximum atomic E-state index is 11.6. The summed E-state index contributed by atoms with van der Waals surface area (Å²) in [6.45, 7) is 8.38. The lowest BCUT2D eigenvalue weighted by atomic mass is 10.0. The molecule has 0 aliphatic carbocycles. The van der Waals surface area contributed by atoms with Crippen LogP contribution in [0.25, 0.3) is 10.9 Å². The molecule has 118 valence electrons. The second-order valence-corrected chi connectivity index (χ2v) is 5.13. The fraction of sp³-hybridized carbons (Fsp3) is 0.412. The second kappa shape index (κ2) is 7.22. The maximum Gasteiger partial charge on any atom is 0.412 e. The van der Waals surface area contributed by atoms with Gasteiger partial charge in [0.25, 0.3) is 0 Å². The smallest absolute Gasteiger partial charge is 0.408 e. The Kier molecular flexibility index (Phi) is 5.33. The first kappa shape index (κ1) is 16.2. The molecule has 2 aromatic rings. The average molecular weight is 301 g/mol. The Morgan fingerprint density at radius 3 is 2.73 bits per heavy atom. The molecule has 5 heteroatoms. The molecule has 0 bridgehead atoms. The molecule has 0 spiro atoms. The van der Waals surface area contributed by atoms with Gasteiger partial charge in [0.15, 0.2) is 5.75 Å². The number of carbonyl (C=O) groups is 1. The van der Waals surface area contributed by atoms with Gasteiger partial charge in [-0.2, -0.15) is 0 Å². The van der Waals surface area contributed by atoms with E-state index in [0.717, 1.165) is 24.0 Å². The predicted molar refractivity (Wildman–Crippen MR) is 88.2 cm³/mol. The summed E-state index contributed by atoms with van der Waals surface area (Å²) < 4.78 is 5.38. The third kappa shape index (κ3) is 3.36. The van der Waals surface area contributed by atoms with Gasteiger partial charge in [0.05, 0.1) is 0 Å². The van der Waals surface area contributed by atoms with Crippen LogP contribution in [-0.4, -0.2) is 36.1 Å². The van der Waals surface area contributed by atoms with Gasteiger partial charge in [0.2, 0.25) is 0 Å². The van der Waals surface area contributed by atoms with Crippen LogP contribution < -0.4 is 10.1 Å². The van der Waals surface area contributed by atoms with Gasteiger partial charge in [-0.15, -0.1) is 0 Å². The summed E-state index contributed by atoms with van der Waals surface area (Å²) in [6, 6.07) is 8.14. The van der Waals surface area contributed by atoms with Gasteiger partial charge in [-0.25, -0.2) is 4.79 Å². The first-order valence-corrected chi connectivity index (χ1v) is 7.63. The van der Waals surface area contributed by atoms with Crippen LogP contribution in [-0.2, 0) is 0 Å². The minimum Gasteiger partial charge on any atom is -0.408 e. The lowest BCUT2D eigenvalue weighted by molar-refractivity contribution is 0.203. The summed E-state index contributed by atoms with van der Waals surface area (Å²) in [6.07, 6.45) is 1.21. The highest BCUT2D eigenvalue weighted by atomic mass is 16.6. The van der Waals surface area contributed by atoms with Gasteiger partial charge >= 0.3 is 6.09 Å². The number of nitrogens with zero attached hydrogens (tertiary/aromatic N) is 2. The van der Waals surface area contributed by atoms with Crippen LogP contribution in [0.1, 0.15) is 32.4 Å². The van der Waals surface area contributed by atoms with Gasteiger partial charge in [0, 0.05) is 24.7 Å². The van der Waals surface area contributed by atoms with E-state index < -0.39 is 6.09 Å². The monoisotopic (exact) mass is 301 g/mol. The van der Waals surface area contributed by atoms with Gasteiger partial charge < -0.3 is 10.1 Å². The van der Waals surface area contributed by atoms with E-state index >= 15 is 0 Å². The number of pyridine rings is 1. The summed E-state index contributed by atoms with van der Waals surface area (Å²) >= 11 is 0. The molecule has 0 saturated heterocycles. The molecular formula is C17H23N3O2. The Morgan fingerprint density at radius 1 is 1.36 bits per heavy atom. The lowest BCUT2D eigenvalue weighted by Crippen LogP contribution is -2.26. The number of fused-ring (bicyclic) bond motifs is 1. The fourth-order valence-corrected chi connectivity index (χ4v) is 2.63. The Balaban J connectivity index is 2.50. The van der Waals surface area contributed by atoms with Crippen molar-refractivity contribution in [2.24, 2.45) is 0 Å². The third-order valence-corrected chi connectivity index (χ3v) is 3.94.